The van der Waals surface area contributed by atoms with Crippen LogP contribution in [0.2, 0.25) is 0 Å². The van der Waals surface area contributed by atoms with Crippen molar-refractivity contribution >= 4 is 5.78 Å². The maximum Gasteiger partial charge on any atom is 0.203 e. The number of ether oxygens (including phenoxy) is 3. The topological polar surface area (TPSA) is 92.3 Å². The molecule has 0 bridgehead atoms. The fourth-order valence-electron chi connectivity index (χ4n) is 1.54. The maximum absolute atomic E-state index is 11.9. The molecule has 0 aliphatic heterocycles. The molecule has 0 fully saturated rings. The Hall–Kier alpha value is -2.73. The van der Waals surface area contributed by atoms with Gasteiger partial charge in [0.15, 0.2) is 23.2 Å². The molecular formula is C13H12N2O4. The molecule has 19 heavy (non-hydrogen) atoms. The number of hydrogen-bond acceptors (Lipinski definition) is 6. The van der Waals surface area contributed by atoms with E-state index in [2.05, 4.69) is 0 Å². The van der Waals surface area contributed by atoms with Crippen LogP contribution in [-0.2, 0) is 0 Å². The molecule has 0 saturated carbocycles. The molecule has 0 amide bonds. The molecule has 1 aromatic carbocycles. The molecule has 1 rings (SSSR count). The summed E-state index contributed by atoms with van der Waals surface area (Å²) in [7, 11) is 4.27. The van der Waals surface area contributed by atoms with Gasteiger partial charge in [-0.2, -0.15) is 10.5 Å². The van der Waals surface area contributed by atoms with E-state index in [1.165, 1.54) is 33.5 Å². The summed E-state index contributed by atoms with van der Waals surface area (Å²) in [6.07, 6.45) is 0. The van der Waals surface area contributed by atoms with Crippen molar-refractivity contribution in [3.8, 4) is 29.4 Å². The summed E-state index contributed by atoms with van der Waals surface area (Å²) in [4.78, 5) is 11.9. The molecule has 0 N–H and O–H groups in total. The third kappa shape index (κ3) is 2.75. The number of benzene rings is 1. The zero-order valence-electron chi connectivity index (χ0n) is 10.8. The quantitative estimate of drug-likeness (QED) is 0.746. The third-order valence-corrected chi connectivity index (χ3v) is 2.47. The Labute approximate surface area is 110 Å². The standard InChI is InChI=1S/C13H12N2O4/c1-17-10-4-8(12(16)9(6-14)7-15)5-11(18-2)13(10)19-3/h4-5,9H,1-3H3. The Morgan fingerprint density at radius 2 is 1.53 bits per heavy atom. The minimum absolute atomic E-state index is 0.155. The van der Waals surface area contributed by atoms with E-state index in [-0.39, 0.29) is 5.56 Å². The number of nitriles is 2. The van der Waals surface area contributed by atoms with Crippen molar-refractivity contribution in [2.75, 3.05) is 21.3 Å². The average molecular weight is 260 g/mol. The summed E-state index contributed by atoms with van der Waals surface area (Å²) >= 11 is 0. The number of nitrogens with zero attached hydrogens (tertiary/aromatic N) is 2. The van der Waals surface area contributed by atoms with Gasteiger partial charge in [0.05, 0.1) is 33.5 Å². The summed E-state index contributed by atoms with van der Waals surface area (Å²) in [5, 5.41) is 17.5. The molecule has 0 unspecified atom stereocenters. The van der Waals surface area contributed by atoms with Gasteiger partial charge >= 0.3 is 0 Å². The highest BCUT2D eigenvalue weighted by atomic mass is 16.5. The summed E-state index contributed by atoms with van der Waals surface area (Å²) in [6, 6.07) is 6.08. The van der Waals surface area contributed by atoms with E-state index in [1.54, 1.807) is 12.1 Å². The van der Waals surface area contributed by atoms with Crippen molar-refractivity contribution in [3.63, 3.8) is 0 Å². The van der Waals surface area contributed by atoms with Gasteiger partial charge in [-0.25, -0.2) is 0 Å². The molecule has 0 spiro atoms. The van der Waals surface area contributed by atoms with Crippen LogP contribution in [0, 0.1) is 28.6 Å². The summed E-state index contributed by atoms with van der Waals surface area (Å²) in [6.45, 7) is 0. The van der Waals surface area contributed by atoms with E-state index in [1.807, 2.05) is 0 Å². The van der Waals surface area contributed by atoms with Crippen LogP contribution < -0.4 is 14.2 Å². The zero-order valence-corrected chi connectivity index (χ0v) is 10.8. The molecule has 0 saturated heterocycles. The molecule has 0 aliphatic rings. The van der Waals surface area contributed by atoms with Gasteiger partial charge in [0.1, 0.15) is 0 Å². The molecule has 0 aliphatic carbocycles. The average Bonchev–Trinajstić information content (AvgIpc) is 2.46. The molecule has 0 radical (unpaired) electrons. The van der Waals surface area contributed by atoms with E-state index in [0.29, 0.717) is 17.2 Å². The lowest BCUT2D eigenvalue weighted by Gasteiger charge is -2.13. The van der Waals surface area contributed by atoms with Crippen LogP contribution in [-0.4, -0.2) is 27.1 Å². The molecular weight excluding hydrogens is 248 g/mol. The lowest BCUT2D eigenvalue weighted by atomic mass is 9.99. The predicted octanol–water partition coefficient (Wildman–Crippen LogP) is 1.56. The van der Waals surface area contributed by atoms with Crippen LogP contribution in [0.25, 0.3) is 0 Å². The Bertz CT molecular complexity index is 530. The van der Waals surface area contributed by atoms with Crippen molar-refractivity contribution in [3.05, 3.63) is 17.7 Å². The predicted molar refractivity (Wildman–Crippen MR) is 65.1 cm³/mol. The van der Waals surface area contributed by atoms with Crippen molar-refractivity contribution < 1.29 is 19.0 Å². The van der Waals surface area contributed by atoms with Crippen LogP contribution in [0.4, 0.5) is 0 Å². The summed E-state index contributed by atoms with van der Waals surface area (Å²) in [5.41, 5.74) is 0.155. The molecule has 0 atom stereocenters. The molecule has 0 aromatic heterocycles. The lowest BCUT2D eigenvalue weighted by Crippen LogP contribution is -2.11. The van der Waals surface area contributed by atoms with Crippen molar-refractivity contribution in [1.82, 2.24) is 0 Å². The minimum Gasteiger partial charge on any atom is -0.493 e. The van der Waals surface area contributed by atoms with Gasteiger partial charge in [-0.3, -0.25) is 4.79 Å². The minimum atomic E-state index is -1.36. The van der Waals surface area contributed by atoms with E-state index < -0.39 is 11.7 Å². The van der Waals surface area contributed by atoms with Crippen molar-refractivity contribution in [2.45, 2.75) is 0 Å². The van der Waals surface area contributed by atoms with E-state index in [9.17, 15) is 4.79 Å². The zero-order chi connectivity index (χ0) is 14.4. The van der Waals surface area contributed by atoms with E-state index in [0.717, 1.165) is 0 Å². The maximum atomic E-state index is 11.9. The van der Waals surface area contributed by atoms with Crippen LogP contribution in [0.15, 0.2) is 12.1 Å². The lowest BCUT2D eigenvalue weighted by molar-refractivity contribution is 0.0970. The van der Waals surface area contributed by atoms with Gasteiger partial charge in [0.2, 0.25) is 5.75 Å². The Kier molecular flexibility index (Phi) is 4.73. The van der Waals surface area contributed by atoms with Crippen LogP contribution in [0.3, 0.4) is 0 Å². The number of Topliss-reactive ketones (excluding diaryl/α,β-unsaturated/α-hetero) is 1. The first-order chi connectivity index (χ1) is 9.12. The second kappa shape index (κ2) is 6.27. The van der Waals surface area contributed by atoms with E-state index >= 15 is 0 Å². The number of carbonyl (C=O) groups is 1. The Morgan fingerprint density at radius 3 is 1.84 bits per heavy atom. The number of carbonyl (C=O) groups excluding carboxylic acids is 1. The van der Waals surface area contributed by atoms with Crippen LogP contribution in [0.5, 0.6) is 17.2 Å². The Morgan fingerprint density at radius 1 is 1.05 bits per heavy atom. The fourth-order valence-corrected chi connectivity index (χ4v) is 1.54. The van der Waals surface area contributed by atoms with Crippen molar-refractivity contribution in [2.24, 2.45) is 5.92 Å². The van der Waals surface area contributed by atoms with Gasteiger partial charge in [-0.15, -0.1) is 0 Å². The summed E-state index contributed by atoms with van der Waals surface area (Å²) < 4.78 is 15.3. The third-order valence-electron chi connectivity index (χ3n) is 2.47. The number of rotatable bonds is 5. The smallest absolute Gasteiger partial charge is 0.203 e. The molecule has 98 valence electrons. The largest absolute Gasteiger partial charge is 0.493 e. The van der Waals surface area contributed by atoms with Crippen molar-refractivity contribution in [1.29, 1.82) is 10.5 Å². The molecule has 1 aromatic rings. The van der Waals surface area contributed by atoms with Gasteiger partial charge in [-0.05, 0) is 12.1 Å². The Balaban J connectivity index is 3.36. The molecule has 0 heterocycles. The normalized spacial score (nSPS) is 9.37. The number of methoxy groups -OCH3 is 3. The highest BCUT2D eigenvalue weighted by Gasteiger charge is 2.23. The van der Waals surface area contributed by atoms with Crippen LogP contribution >= 0.6 is 0 Å². The van der Waals surface area contributed by atoms with Crippen LogP contribution in [0.1, 0.15) is 10.4 Å². The summed E-state index contributed by atoms with van der Waals surface area (Å²) in [5.74, 6) is -1.04. The fraction of sp³-hybridized carbons (Fsp3) is 0.308. The first-order valence-corrected chi connectivity index (χ1v) is 5.26. The first-order valence-electron chi connectivity index (χ1n) is 5.26. The van der Waals surface area contributed by atoms with E-state index in [4.69, 9.17) is 24.7 Å². The van der Waals surface area contributed by atoms with Gasteiger partial charge < -0.3 is 14.2 Å². The highest BCUT2D eigenvalue weighted by Crippen LogP contribution is 2.38. The second-order valence-corrected chi connectivity index (χ2v) is 3.47. The number of ketones is 1. The number of hydrogen-bond donors (Lipinski definition) is 0. The molecule has 6 nitrogen and oxygen atoms in total. The highest BCUT2D eigenvalue weighted by molar-refractivity contribution is 6.02. The van der Waals surface area contributed by atoms with Gasteiger partial charge in [-0.1, -0.05) is 0 Å². The SMILES string of the molecule is COc1cc(C(=O)C(C#N)C#N)cc(OC)c1OC. The van der Waals surface area contributed by atoms with Gasteiger partial charge in [0, 0.05) is 5.56 Å². The monoisotopic (exact) mass is 260 g/mol. The molecule has 6 heteroatoms. The first kappa shape index (κ1) is 14.3. The van der Waals surface area contributed by atoms with Gasteiger partial charge in [0.25, 0.3) is 0 Å². The second-order valence-electron chi connectivity index (χ2n) is 3.47.